The molecule has 0 unspecified atom stereocenters. The highest BCUT2D eigenvalue weighted by atomic mass is 16.5. The van der Waals surface area contributed by atoms with Crippen molar-refractivity contribution in [2.45, 2.75) is 27.3 Å². The first-order valence-electron chi connectivity index (χ1n) is 8.80. The second-order valence-corrected chi connectivity index (χ2v) is 6.55. The molecule has 3 aromatic rings. The fourth-order valence-corrected chi connectivity index (χ4v) is 2.92. The first-order valence-corrected chi connectivity index (χ1v) is 8.80. The van der Waals surface area contributed by atoms with Gasteiger partial charge in [0, 0.05) is 5.56 Å². The zero-order chi connectivity index (χ0) is 19.4. The number of ether oxygens (including phenoxy) is 1. The minimum atomic E-state index is -0.524. The van der Waals surface area contributed by atoms with E-state index in [-0.39, 0.29) is 12.4 Å². The number of carbonyl (C=O) groups excluding carboxylic acids is 2. The highest BCUT2D eigenvalue weighted by Gasteiger charge is 2.21. The molecule has 0 N–H and O–H groups in total. The molecule has 1 heterocycles. The molecule has 1 aromatic heterocycles. The summed E-state index contributed by atoms with van der Waals surface area (Å²) in [5, 5.41) is 4.47. The Hall–Kier alpha value is -3.21. The molecule has 0 amide bonds. The zero-order valence-corrected chi connectivity index (χ0v) is 15.7. The Bertz CT molecular complexity index is 957. The van der Waals surface area contributed by atoms with E-state index in [0.717, 1.165) is 11.3 Å². The molecule has 0 saturated heterocycles. The van der Waals surface area contributed by atoms with Crippen molar-refractivity contribution in [2.24, 2.45) is 0 Å². The number of hydrogen-bond donors (Lipinski definition) is 0. The number of aryl methyl sites for hydroxylation is 2. The van der Waals surface area contributed by atoms with Gasteiger partial charge in [-0.2, -0.15) is 5.10 Å². The van der Waals surface area contributed by atoms with Crippen LogP contribution in [0.3, 0.4) is 0 Å². The van der Waals surface area contributed by atoms with Gasteiger partial charge in [0.15, 0.2) is 12.4 Å². The van der Waals surface area contributed by atoms with Crippen LogP contribution in [-0.4, -0.2) is 28.1 Å². The van der Waals surface area contributed by atoms with Gasteiger partial charge in [0.05, 0.1) is 17.9 Å². The number of carbonyl (C=O) groups is 2. The second-order valence-electron chi connectivity index (χ2n) is 6.55. The van der Waals surface area contributed by atoms with Crippen LogP contribution in [0.25, 0.3) is 0 Å². The van der Waals surface area contributed by atoms with Crippen LogP contribution in [0.1, 0.15) is 43.2 Å². The Morgan fingerprint density at radius 2 is 1.63 bits per heavy atom. The molecule has 0 aliphatic rings. The van der Waals surface area contributed by atoms with E-state index in [1.165, 1.54) is 5.56 Å². The van der Waals surface area contributed by atoms with Gasteiger partial charge in [-0.15, -0.1) is 0 Å². The van der Waals surface area contributed by atoms with Crippen molar-refractivity contribution in [3.8, 4) is 0 Å². The van der Waals surface area contributed by atoms with Crippen LogP contribution in [0.4, 0.5) is 0 Å². The van der Waals surface area contributed by atoms with Crippen molar-refractivity contribution in [1.82, 2.24) is 9.78 Å². The number of benzene rings is 2. The number of nitrogens with zero attached hydrogens (tertiary/aromatic N) is 2. The van der Waals surface area contributed by atoms with Gasteiger partial charge in [0.25, 0.3) is 0 Å². The van der Waals surface area contributed by atoms with E-state index >= 15 is 0 Å². The summed E-state index contributed by atoms with van der Waals surface area (Å²) in [4.78, 5) is 24.6. The van der Waals surface area contributed by atoms with Gasteiger partial charge in [-0.25, -0.2) is 4.79 Å². The fourth-order valence-electron chi connectivity index (χ4n) is 2.92. The molecule has 3 rings (SSSR count). The summed E-state index contributed by atoms with van der Waals surface area (Å²) in [6.07, 6.45) is 0. The monoisotopic (exact) mass is 362 g/mol. The third-order valence-electron chi connectivity index (χ3n) is 4.47. The molecule has 0 saturated carbocycles. The predicted octanol–water partition coefficient (Wildman–Crippen LogP) is 3.90. The number of aromatic nitrogens is 2. The minimum Gasteiger partial charge on any atom is -0.454 e. The number of ketones is 1. The molecular formula is C22H22N2O3. The van der Waals surface area contributed by atoms with E-state index in [0.29, 0.717) is 23.4 Å². The maximum Gasteiger partial charge on any atom is 0.342 e. The van der Waals surface area contributed by atoms with Crippen LogP contribution >= 0.6 is 0 Å². The molecule has 27 heavy (non-hydrogen) atoms. The van der Waals surface area contributed by atoms with Crippen molar-refractivity contribution in [2.75, 3.05) is 6.61 Å². The van der Waals surface area contributed by atoms with Gasteiger partial charge in [-0.1, -0.05) is 60.2 Å². The van der Waals surface area contributed by atoms with Gasteiger partial charge in [-0.05, 0) is 26.3 Å². The highest BCUT2D eigenvalue weighted by Crippen LogP contribution is 2.16. The normalized spacial score (nSPS) is 10.6. The van der Waals surface area contributed by atoms with Crippen LogP contribution in [0.5, 0.6) is 0 Å². The number of Topliss-reactive ketones (excluding diaryl/α,β-unsaturated/α-hetero) is 1. The Kier molecular flexibility index (Phi) is 5.50. The average Bonchev–Trinajstić information content (AvgIpc) is 2.95. The SMILES string of the molecule is Cc1ccc(Cn2nc(C)c(C(=O)OCC(=O)c3ccccc3)c2C)cc1. The molecule has 5 heteroatoms. The summed E-state index contributed by atoms with van der Waals surface area (Å²) in [5.41, 5.74) is 4.56. The van der Waals surface area contributed by atoms with Gasteiger partial charge in [-0.3, -0.25) is 9.48 Å². The lowest BCUT2D eigenvalue weighted by Gasteiger charge is -2.07. The topological polar surface area (TPSA) is 61.2 Å². The van der Waals surface area contributed by atoms with Crippen molar-refractivity contribution >= 4 is 11.8 Å². The van der Waals surface area contributed by atoms with Crippen LogP contribution in [-0.2, 0) is 11.3 Å². The highest BCUT2D eigenvalue weighted by molar-refractivity contribution is 5.99. The van der Waals surface area contributed by atoms with Crippen LogP contribution < -0.4 is 0 Å². The Labute approximate surface area is 158 Å². The summed E-state index contributed by atoms with van der Waals surface area (Å²) in [5.74, 6) is -0.754. The minimum absolute atomic E-state index is 0.230. The molecule has 0 spiro atoms. The number of rotatable bonds is 6. The largest absolute Gasteiger partial charge is 0.454 e. The van der Waals surface area contributed by atoms with E-state index in [2.05, 4.69) is 5.10 Å². The molecule has 0 aliphatic heterocycles. The Balaban J connectivity index is 1.70. The summed E-state index contributed by atoms with van der Waals surface area (Å²) in [6, 6.07) is 17.0. The molecular weight excluding hydrogens is 340 g/mol. The maximum atomic E-state index is 12.5. The van der Waals surface area contributed by atoms with Crippen molar-refractivity contribution in [3.63, 3.8) is 0 Å². The van der Waals surface area contributed by atoms with Gasteiger partial charge < -0.3 is 4.74 Å². The van der Waals surface area contributed by atoms with Crippen LogP contribution in [0.15, 0.2) is 54.6 Å². The van der Waals surface area contributed by atoms with Gasteiger partial charge in [0.1, 0.15) is 5.56 Å². The molecule has 0 bridgehead atoms. The second kappa shape index (κ2) is 7.99. The zero-order valence-electron chi connectivity index (χ0n) is 15.7. The Morgan fingerprint density at radius 3 is 2.30 bits per heavy atom. The van der Waals surface area contributed by atoms with Crippen molar-refractivity contribution in [3.05, 3.63) is 88.2 Å². The van der Waals surface area contributed by atoms with E-state index in [1.807, 2.05) is 44.2 Å². The molecule has 0 radical (unpaired) electrons. The lowest BCUT2D eigenvalue weighted by Crippen LogP contribution is -2.15. The van der Waals surface area contributed by atoms with E-state index in [9.17, 15) is 9.59 Å². The molecule has 138 valence electrons. The molecule has 0 fully saturated rings. The van der Waals surface area contributed by atoms with Gasteiger partial charge in [0.2, 0.25) is 0 Å². The summed E-state index contributed by atoms with van der Waals surface area (Å²) >= 11 is 0. The van der Waals surface area contributed by atoms with E-state index in [4.69, 9.17) is 4.74 Å². The first-order chi connectivity index (χ1) is 13.0. The summed E-state index contributed by atoms with van der Waals surface area (Å²) in [7, 11) is 0. The standard InChI is InChI=1S/C22H22N2O3/c1-15-9-11-18(12-10-15)13-24-17(3)21(16(2)23-24)22(26)27-14-20(25)19-7-5-4-6-8-19/h4-12H,13-14H2,1-3H3. The molecule has 2 aromatic carbocycles. The molecule has 0 aliphatic carbocycles. The number of hydrogen-bond acceptors (Lipinski definition) is 4. The van der Waals surface area contributed by atoms with E-state index < -0.39 is 5.97 Å². The van der Waals surface area contributed by atoms with Crippen LogP contribution in [0, 0.1) is 20.8 Å². The lowest BCUT2D eigenvalue weighted by molar-refractivity contribution is 0.0473. The summed E-state index contributed by atoms with van der Waals surface area (Å²) < 4.78 is 7.03. The van der Waals surface area contributed by atoms with Crippen LogP contribution in [0.2, 0.25) is 0 Å². The third-order valence-corrected chi connectivity index (χ3v) is 4.47. The molecule has 5 nitrogen and oxygen atoms in total. The lowest BCUT2D eigenvalue weighted by atomic mass is 10.1. The quantitative estimate of drug-likeness (QED) is 0.493. The van der Waals surface area contributed by atoms with Crippen molar-refractivity contribution < 1.29 is 14.3 Å². The average molecular weight is 362 g/mol. The first kappa shape index (κ1) is 18.6. The molecule has 0 atom stereocenters. The smallest absolute Gasteiger partial charge is 0.342 e. The van der Waals surface area contributed by atoms with Gasteiger partial charge >= 0.3 is 5.97 Å². The number of esters is 1. The Morgan fingerprint density at radius 1 is 0.963 bits per heavy atom. The fraction of sp³-hybridized carbons (Fsp3) is 0.227. The third kappa shape index (κ3) is 4.31. The summed E-state index contributed by atoms with van der Waals surface area (Å²) in [6.45, 7) is 5.93. The van der Waals surface area contributed by atoms with E-state index in [1.54, 1.807) is 35.9 Å². The maximum absolute atomic E-state index is 12.5. The predicted molar refractivity (Wildman–Crippen MR) is 103 cm³/mol. The van der Waals surface area contributed by atoms with Crippen molar-refractivity contribution in [1.29, 1.82) is 0 Å².